The summed E-state index contributed by atoms with van der Waals surface area (Å²) in [7, 11) is 5.97. The zero-order valence-corrected chi connectivity index (χ0v) is 48.6. The van der Waals surface area contributed by atoms with Crippen molar-refractivity contribution in [2.75, 3.05) is 47.5 Å². The summed E-state index contributed by atoms with van der Waals surface area (Å²) in [5.74, 6) is -2.00. The summed E-state index contributed by atoms with van der Waals surface area (Å²) in [6.07, 6.45) is 62.0. The lowest BCUT2D eigenvalue weighted by atomic mass is 10.0. The molecule has 0 radical (unpaired) electrons. The second kappa shape index (κ2) is 55.3. The Morgan fingerprint density at radius 2 is 0.708 bits per heavy atom. The average Bonchev–Trinajstić information content (AvgIpc) is 3.35. The SMILES string of the molecule is CCCCC/C=C\CCCCCCCC(=O)OC(COC(=O)CCCCCCCCCCCCCCCCCCCCCCCCCCCCCCCCCCCCC)COC(OCC[N+](C)(C)C)C(=O)O. The van der Waals surface area contributed by atoms with Crippen molar-refractivity contribution in [2.24, 2.45) is 0 Å². The molecule has 1 N–H and O–H groups in total. The first-order valence-electron chi connectivity index (χ1n) is 31.4. The van der Waals surface area contributed by atoms with Crippen LogP contribution in [0.5, 0.6) is 0 Å². The predicted octanol–water partition coefficient (Wildman–Crippen LogP) is 18.5. The second-order valence-electron chi connectivity index (χ2n) is 22.7. The van der Waals surface area contributed by atoms with E-state index in [-0.39, 0.29) is 32.2 Å². The van der Waals surface area contributed by atoms with Gasteiger partial charge in [0.05, 0.1) is 34.4 Å². The summed E-state index contributed by atoms with van der Waals surface area (Å²) in [4.78, 5) is 37.3. The third kappa shape index (κ3) is 55.8. The molecule has 0 saturated heterocycles. The second-order valence-corrected chi connectivity index (χ2v) is 22.7. The number of nitrogens with zero attached hydrogens (tertiary/aromatic N) is 1. The number of unbranched alkanes of at least 4 members (excludes halogenated alkanes) is 42. The van der Waals surface area contributed by atoms with E-state index >= 15 is 0 Å². The molecule has 0 rings (SSSR count). The molecule has 0 aromatic rings. The number of allylic oxidation sites excluding steroid dienone is 2. The van der Waals surface area contributed by atoms with E-state index in [0.717, 1.165) is 51.4 Å². The van der Waals surface area contributed by atoms with Gasteiger partial charge >= 0.3 is 17.9 Å². The van der Waals surface area contributed by atoms with Gasteiger partial charge in [-0.3, -0.25) is 9.59 Å². The molecule has 2 atom stereocenters. The number of carbonyl (C=O) groups excluding carboxylic acids is 2. The average molecular weight is 1020 g/mol. The summed E-state index contributed by atoms with van der Waals surface area (Å²) in [6.45, 7) is 4.89. The fraction of sp³-hybridized carbons (Fsp3) is 0.921. The predicted molar refractivity (Wildman–Crippen MR) is 305 cm³/mol. The molecule has 2 unspecified atom stereocenters. The van der Waals surface area contributed by atoms with Crippen LogP contribution in [0.2, 0.25) is 0 Å². The Kier molecular flexibility index (Phi) is 53.8. The van der Waals surface area contributed by atoms with Crippen LogP contribution in [0.1, 0.15) is 316 Å². The zero-order chi connectivity index (χ0) is 52.7. The van der Waals surface area contributed by atoms with E-state index in [1.54, 1.807) is 0 Å². The van der Waals surface area contributed by atoms with Crippen LogP contribution in [0.4, 0.5) is 0 Å². The van der Waals surface area contributed by atoms with Gasteiger partial charge in [-0.15, -0.1) is 0 Å². The van der Waals surface area contributed by atoms with Crippen molar-refractivity contribution in [3.05, 3.63) is 12.2 Å². The van der Waals surface area contributed by atoms with Gasteiger partial charge in [0, 0.05) is 12.8 Å². The molecule has 0 aliphatic heterocycles. The number of hydrogen-bond donors (Lipinski definition) is 1. The minimum atomic E-state index is -1.51. The number of quaternary nitrogens is 1. The highest BCUT2D eigenvalue weighted by molar-refractivity contribution is 5.71. The van der Waals surface area contributed by atoms with Gasteiger partial charge in [0.25, 0.3) is 6.29 Å². The Morgan fingerprint density at radius 1 is 0.403 bits per heavy atom. The van der Waals surface area contributed by atoms with Gasteiger partial charge in [-0.25, -0.2) is 4.79 Å². The van der Waals surface area contributed by atoms with E-state index < -0.39 is 24.3 Å². The molecule has 0 saturated carbocycles. The fourth-order valence-corrected chi connectivity index (χ4v) is 9.42. The molecule has 0 amide bonds. The summed E-state index contributed by atoms with van der Waals surface area (Å²) in [6, 6.07) is 0. The number of carbonyl (C=O) groups is 3. The van der Waals surface area contributed by atoms with Gasteiger partial charge in [-0.1, -0.05) is 276 Å². The number of rotatable bonds is 59. The topological polar surface area (TPSA) is 108 Å². The number of hydrogen-bond acceptors (Lipinski definition) is 7. The minimum Gasteiger partial charge on any atom is -0.477 e. The number of ether oxygens (including phenoxy) is 4. The summed E-state index contributed by atoms with van der Waals surface area (Å²) in [5.41, 5.74) is 0. The highest BCUT2D eigenvalue weighted by Gasteiger charge is 2.25. The van der Waals surface area contributed by atoms with Crippen molar-refractivity contribution >= 4 is 17.9 Å². The van der Waals surface area contributed by atoms with E-state index in [9.17, 15) is 19.5 Å². The monoisotopic (exact) mass is 1020 g/mol. The van der Waals surface area contributed by atoms with Gasteiger partial charge in [-0.2, -0.15) is 0 Å². The summed E-state index contributed by atoms with van der Waals surface area (Å²) < 4.78 is 22.8. The molecule has 0 aromatic heterocycles. The summed E-state index contributed by atoms with van der Waals surface area (Å²) >= 11 is 0. The van der Waals surface area contributed by atoms with Gasteiger partial charge in [0.1, 0.15) is 13.2 Å². The van der Waals surface area contributed by atoms with Gasteiger partial charge < -0.3 is 28.5 Å². The first kappa shape index (κ1) is 70.0. The van der Waals surface area contributed by atoms with E-state index in [1.807, 2.05) is 21.1 Å². The number of likely N-dealkylation sites (N-methyl/N-ethyl adjacent to an activating group) is 1. The lowest BCUT2D eigenvalue weighted by molar-refractivity contribution is -0.870. The summed E-state index contributed by atoms with van der Waals surface area (Å²) in [5, 5.41) is 9.68. The third-order valence-corrected chi connectivity index (χ3v) is 14.3. The lowest BCUT2D eigenvalue weighted by Crippen LogP contribution is -2.40. The first-order valence-corrected chi connectivity index (χ1v) is 31.4. The molecule has 0 bridgehead atoms. The van der Waals surface area contributed by atoms with Crippen LogP contribution < -0.4 is 0 Å². The Balaban J connectivity index is 3.91. The zero-order valence-electron chi connectivity index (χ0n) is 48.6. The van der Waals surface area contributed by atoms with Gasteiger partial charge in [0.15, 0.2) is 6.10 Å². The molecule has 9 nitrogen and oxygen atoms in total. The quantitative estimate of drug-likeness (QED) is 0.0211. The molecular weight excluding hydrogens is 899 g/mol. The van der Waals surface area contributed by atoms with Gasteiger partial charge in [-0.05, 0) is 38.5 Å². The molecule has 0 heterocycles. The van der Waals surface area contributed by atoms with Crippen LogP contribution in [0.15, 0.2) is 12.2 Å². The van der Waals surface area contributed by atoms with Gasteiger partial charge in [0.2, 0.25) is 0 Å². The van der Waals surface area contributed by atoms with Crippen molar-refractivity contribution in [1.82, 2.24) is 0 Å². The number of carboxylic acids is 1. The van der Waals surface area contributed by atoms with Crippen molar-refractivity contribution < 1.29 is 42.9 Å². The third-order valence-electron chi connectivity index (χ3n) is 14.3. The lowest BCUT2D eigenvalue weighted by Gasteiger charge is -2.25. The molecule has 0 aliphatic carbocycles. The number of aliphatic carboxylic acids is 1. The van der Waals surface area contributed by atoms with E-state index in [2.05, 4.69) is 26.0 Å². The highest BCUT2D eigenvalue weighted by atomic mass is 16.7. The van der Waals surface area contributed by atoms with Crippen molar-refractivity contribution in [2.45, 2.75) is 328 Å². The van der Waals surface area contributed by atoms with Crippen molar-refractivity contribution in [3.8, 4) is 0 Å². The maximum absolute atomic E-state index is 12.8. The minimum absolute atomic E-state index is 0.179. The molecule has 72 heavy (non-hydrogen) atoms. The Bertz CT molecular complexity index is 1190. The van der Waals surface area contributed by atoms with Crippen LogP contribution in [0, 0.1) is 0 Å². The standard InChI is InChI=1S/C63H121NO8/c1-6-8-10-12-14-16-18-20-21-22-23-24-25-26-27-28-29-30-31-32-33-34-35-36-37-38-39-40-41-42-44-45-47-49-51-53-60(65)70-57-59(58-71-63(62(67)68)69-56-55-64(3,4)5)72-61(66)54-52-50-48-46-43-19-17-15-13-11-9-7-2/h15,17,59,63H,6-14,16,18-58H2,1-5H3/p+1/b17-15-. The molecule has 0 fully saturated rings. The van der Waals surface area contributed by atoms with Crippen LogP contribution in [-0.2, 0) is 33.3 Å². The Hall–Kier alpha value is -1.97. The molecule has 0 aliphatic rings. The van der Waals surface area contributed by atoms with Crippen LogP contribution in [-0.4, -0.2) is 87.4 Å². The molecular formula is C63H122NO8+. The number of esters is 2. The maximum atomic E-state index is 12.8. The normalized spacial score (nSPS) is 12.7. The maximum Gasteiger partial charge on any atom is 0.361 e. The van der Waals surface area contributed by atoms with E-state index in [4.69, 9.17) is 18.9 Å². The highest BCUT2D eigenvalue weighted by Crippen LogP contribution is 2.18. The first-order chi connectivity index (χ1) is 35.1. The smallest absolute Gasteiger partial charge is 0.361 e. The largest absolute Gasteiger partial charge is 0.477 e. The fourth-order valence-electron chi connectivity index (χ4n) is 9.42. The molecule has 0 spiro atoms. The van der Waals surface area contributed by atoms with Crippen LogP contribution >= 0.6 is 0 Å². The Labute approximate surface area is 446 Å². The van der Waals surface area contributed by atoms with Crippen molar-refractivity contribution in [1.29, 1.82) is 0 Å². The van der Waals surface area contributed by atoms with Crippen LogP contribution in [0.25, 0.3) is 0 Å². The Morgan fingerprint density at radius 3 is 1.06 bits per heavy atom. The molecule has 426 valence electrons. The van der Waals surface area contributed by atoms with Crippen molar-refractivity contribution in [3.63, 3.8) is 0 Å². The van der Waals surface area contributed by atoms with E-state index in [0.29, 0.717) is 23.9 Å². The molecule has 9 heteroatoms. The van der Waals surface area contributed by atoms with Crippen LogP contribution in [0.3, 0.4) is 0 Å². The van der Waals surface area contributed by atoms with E-state index in [1.165, 1.54) is 231 Å². The number of carboxylic acid groups (broad SMARTS) is 1. The molecule has 0 aromatic carbocycles.